The molecule has 1 atom stereocenters. The molecular formula is C18H19N3O4. The van der Waals surface area contributed by atoms with Gasteiger partial charge in [0.1, 0.15) is 17.6 Å². The highest BCUT2D eigenvalue weighted by molar-refractivity contribution is 5.26. The SMILES string of the molecule is Cc1noc(C2COCCN2Cc2ccc(Oc3ccccc3)o2)n1. The van der Waals surface area contributed by atoms with Crippen molar-refractivity contribution in [2.75, 3.05) is 19.8 Å². The van der Waals surface area contributed by atoms with E-state index in [2.05, 4.69) is 15.0 Å². The Balaban J connectivity index is 1.45. The first kappa shape index (κ1) is 15.9. The first-order chi connectivity index (χ1) is 12.3. The minimum absolute atomic E-state index is 0.0708. The molecule has 1 fully saturated rings. The highest BCUT2D eigenvalue weighted by Gasteiger charge is 2.30. The predicted molar refractivity (Wildman–Crippen MR) is 88.2 cm³/mol. The van der Waals surface area contributed by atoms with E-state index in [0.29, 0.717) is 37.4 Å². The third-order valence-electron chi connectivity index (χ3n) is 4.03. The van der Waals surface area contributed by atoms with Crippen LogP contribution in [0.25, 0.3) is 0 Å². The standard InChI is InChI=1S/C18H19N3O4/c1-13-19-18(25-20-13)16-12-22-10-9-21(16)11-15-7-8-17(24-15)23-14-5-3-2-4-6-14/h2-8,16H,9-12H2,1H3. The van der Waals surface area contributed by atoms with Crippen LogP contribution in [-0.2, 0) is 11.3 Å². The van der Waals surface area contributed by atoms with Gasteiger partial charge in [-0.15, -0.1) is 0 Å². The summed E-state index contributed by atoms with van der Waals surface area (Å²) in [7, 11) is 0. The summed E-state index contributed by atoms with van der Waals surface area (Å²) in [5.74, 6) is 3.23. The number of aryl methyl sites for hydroxylation is 1. The molecule has 1 unspecified atom stereocenters. The zero-order valence-corrected chi connectivity index (χ0v) is 13.9. The van der Waals surface area contributed by atoms with E-state index < -0.39 is 0 Å². The Bertz CT molecular complexity index is 815. The molecule has 2 aromatic heterocycles. The number of ether oxygens (including phenoxy) is 2. The van der Waals surface area contributed by atoms with E-state index in [9.17, 15) is 0 Å². The zero-order valence-electron chi connectivity index (χ0n) is 13.9. The van der Waals surface area contributed by atoms with Crippen LogP contribution in [0.1, 0.15) is 23.5 Å². The van der Waals surface area contributed by atoms with Gasteiger partial charge in [0.2, 0.25) is 5.89 Å². The summed E-state index contributed by atoms with van der Waals surface area (Å²) in [5.41, 5.74) is 0. The van der Waals surface area contributed by atoms with Gasteiger partial charge in [0.15, 0.2) is 5.82 Å². The first-order valence-corrected chi connectivity index (χ1v) is 8.21. The lowest BCUT2D eigenvalue weighted by Crippen LogP contribution is -2.39. The van der Waals surface area contributed by atoms with Crippen molar-refractivity contribution >= 4 is 0 Å². The molecular weight excluding hydrogens is 322 g/mol. The van der Waals surface area contributed by atoms with Gasteiger partial charge in [0, 0.05) is 12.6 Å². The molecule has 1 aromatic carbocycles. The Morgan fingerprint density at radius 3 is 2.88 bits per heavy atom. The molecule has 0 saturated carbocycles. The van der Waals surface area contributed by atoms with Crippen LogP contribution in [0, 0.1) is 6.92 Å². The van der Waals surface area contributed by atoms with E-state index in [-0.39, 0.29) is 6.04 Å². The average Bonchev–Trinajstić information content (AvgIpc) is 3.25. The van der Waals surface area contributed by atoms with Crippen LogP contribution in [0.4, 0.5) is 0 Å². The van der Waals surface area contributed by atoms with Gasteiger partial charge in [-0.25, -0.2) is 0 Å². The summed E-state index contributed by atoms with van der Waals surface area (Å²) < 4.78 is 22.4. The van der Waals surface area contributed by atoms with Crippen molar-refractivity contribution in [3.05, 3.63) is 59.9 Å². The number of hydrogen-bond acceptors (Lipinski definition) is 7. The number of nitrogens with zero attached hydrogens (tertiary/aromatic N) is 3. The van der Waals surface area contributed by atoms with E-state index in [1.54, 1.807) is 6.92 Å². The van der Waals surface area contributed by atoms with Gasteiger partial charge in [0.25, 0.3) is 5.95 Å². The van der Waals surface area contributed by atoms with E-state index in [1.165, 1.54) is 0 Å². The molecule has 7 nitrogen and oxygen atoms in total. The second kappa shape index (κ2) is 7.08. The van der Waals surface area contributed by atoms with Crippen LogP contribution in [0.15, 0.2) is 51.4 Å². The van der Waals surface area contributed by atoms with Crippen molar-refractivity contribution in [1.29, 1.82) is 0 Å². The number of morpholine rings is 1. The molecule has 7 heteroatoms. The Hall–Kier alpha value is -2.64. The van der Waals surface area contributed by atoms with Crippen LogP contribution in [0.2, 0.25) is 0 Å². The average molecular weight is 341 g/mol. The molecule has 3 heterocycles. The van der Waals surface area contributed by atoms with E-state index >= 15 is 0 Å². The van der Waals surface area contributed by atoms with Crippen molar-refractivity contribution in [2.45, 2.75) is 19.5 Å². The van der Waals surface area contributed by atoms with Crippen molar-refractivity contribution in [2.24, 2.45) is 0 Å². The molecule has 0 radical (unpaired) electrons. The fraction of sp³-hybridized carbons (Fsp3) is 0.333. The number of furan rings is 1. The normalized spacial score (nSPS) is 18.4. The molecule has 0 N–H and O–H groups in total. The molecule has 3 aromatic rings. The molecule has 130 valence electrons. The summed E-state index contributed by atoms with van der Waals surface area (Å²) in [6.07, 6.45) is 0. The molecule has 1 aliphatic rings. The van der Waals surface area contributed by atoms with Gasteiger partial charge < -0.3 is 18.4 Å². The maximum Gasteiger partial charge on any atom is 0.290 e. The molecule has 0 amide bonds. The lowest BCUT2D eigenvalue weighted by atomic mass is 10.2. The van der Waals surface area contributed by atoms with Crippen LogP contribution < -0.4 is 4.74 Å². The lowest BCUT2D eigenvalue weighted by molar-refractivity contribution is -0.0268. The molecule has 0 spiro atoms. The summed E-state index contributed by atoms with van der Waals surface area (Å²) in [5, 5.41) is 3.87. The summed E-state index contributed by atoms with van der Waals surface area (Å²) >= 11 is 0. The maximum absolute atomic E-state index is 5.81. The van der Waals surface area contributed by atoms with Gasteiger partial charge in [-0.1, -0.05) is 23.4 Å². The minimum Gasteiger partial charge on any atom is -0.429 e. The van der Waals surface area contributed by atoms with Crippen LogP contribution in [-0.4, -0.2) is 34.8 Å². The van der Waals surface area contributed by atoms with Crippen molar-refractivity contribution in [3.8, 4) is 11.7 Å². The molecule has 1 saturated heterocycles. The van der Waals surface area contributed by atoms with Gasteiger partial charge in [-0.2, -0.15) is 4.98 Å². The van der Waals surface area contributed by atoms with Crippen LogP contribution in [0.3, 0.4) is 0 Å². The van der Waals surface area contributed by atoms with Gasteiger partial charge >= 0.3 is 0 Å². The van der Waals surface area contributed by atoms with E-state index in [0.717, 1.165) is 18.1 Å². The van der Waals surface area contributed by atoms with Crippen molar-refractivity contribution in [1.82, 2.24) is 15.0 Å². The minimum atomic E-state index is -0.0708. The summed E-state index contributed by atoms with van der Waals surface area (Å²) in [4.78, 5) is 6.54. The fourth-order valence-electron chi connectivity index (χ4n) is 2.81. The number of aromatic nitrogens is 2. The van der Waals surface area contributed by atoms with Gasteiger partial charge in [-0.3, -0.25) is 4.90 Å². The fourth-order valence-corrected chi connectivity index (χ4v) is 2.81. The second-order valence-electron chi connectivity index (χ2n) is 5.88. The molecule has 25 heavy (non-hydrogen) atoms. The van der Waals surface area contributed by atoms with Gasteiger partial charge in [-0.05, 0) is 25.1 Å². The number of hydrogen-bond donors (Lipinski definition) is 0. The summed E-state index contributed by atoms with van der Waals surface area (Å²) in [6.45, 7) is 4.38. The number of benzene rings is 1. The molecule has 1 aliphatic heterocycles. The second-order valence-corrected chi connectivity index (χ2v) is 5.88. The number of para-hydroxylation sites is 1. The van der Waals surface area contributed by atoms with E-state index in [4.69, 9.17) is 18.4 Å². The third kappa shape index (κ3) is 3.72. The zero-order chi connectivity index (χ0) is 17.1. The van der Waals surface area contributed by atoms with E-state index in [1.807, 2.05) is 42.5 Å². The monoisotopic (exact) mass is 341 g/mol. The quantitative estimate of drug-likeness (QED) is 0.704. The first-order valence-electron chi connectivity index (χ1n) is 8.21. The summed E-state index contributed by atoms with van der Waals surface area (Å²) in [6, 6.07) is 13.2. The number of rotatable bonds is 5. The van der Waals surface area contributed by atoms with Crippen LogP contribution in [0.5, 0.6) is 11.7 Å². The highest BCUT2D eigenvalue weighted by Crippen LogP contribution is 2.28. The molecule has 4 rings (SSSR count). The smallest absolute Gasteiger partial charge is 0.290 e. The largest absolute Gasteiger partial charge is 0.429 e. The maximum atomic E-state index is 5.81. The highest BCUT2D eigenvalue weighted by atomic mass is 16.6. The van der Waals surface area contributed by atoms with Gasteiger partial charge in [0.05, 0.1) is 19.8 Å². The Labute approximate surface area is 145 Å². The Morgan fingerprint density at radius 1 is 1.20 bits per heavy atom. The molecule has 0 bridgehead atoms. The molecule has 0 aliphatic carbocycles. The Kier molecular flexibility index (Phi) is 4.49. The Morgan fingerprint density at radius 2 is 2.08 bits per heavy atom. The predicted octanol–water partition coefficient (Wildman–Crippen LogP) is 3.34. The lowest BCUT2D eigenvalue weighted by Gasteiger charge is -2.32. The van der Waals surface area contributed by atoms with Crippen molar-refractivity contribution < 1.29 is 18.4 Å². The third-order valence-corrected chi connectivity index (χ3v) is 4.03. The van der Waals surface area contributed by atoms with Crippen molar-refractivity contribution in [3.63, 3.8) is 0 Å². The van der Waals surface area contributed by atoms with Crippen LogP contribution >= 0.6 is 0 Å². The topological polar surface area (TPSA) is 73.8 Å².